The summed E-state index contributed by atoms with van der Waals surface area (Å²) in [4.78, 5) is 40.2. The first-order valence-corrected chi connectivity index (χ1v) is 12.1. The smallest absolute Gasteiger partial charge is 0.338 e. The Morgan fingerprint density at radius 2 is 1.54 bits per heavy atom. The van der Waals surface area contributed by atoms with Gasteiger partial charge in [-0.2, -0.15) is 0 Å². The summed E-state index contributed by atoms with van der Waals surface area (Å²) in [6.07, 6.45) is 0. The first-order chi connectivity index (χ1) is 18.0. The third kappa shape index (κ3) is 4.49. The quantitative estimate of drug-likeness (QED) is 0.163. The van der Waals surface area contributed by atoms with Crippen molar-refractivity contribution < 1.29 is 24.2 Å². The number of hydrogen-bond donors (Lipinski definition) is 1. The van der Waals surface area contributed by atoms with Crippen LogP contribution in [0.25, 0.3) is 16.5 Å². The Hall–Kier alpha value is -4.71. The number of amides is 1. The van der Waals surface area contributed by atoms with E-state index in [1.807, 2.05) is 66.7 Å². The number of Topliss-reactive ketones (excluding diaryl/α,β-unsaturated/α-hetero) is 1. The Kier molecular flexibility index (Phi) is 6.56. The molecule has 1 heterocycles. The molecule has 184 valence electrons. The molecule has 1 amide bonds. The lowest BCUT2D eigenvalue weighted by atomic mass is 9.93. The molecule has 1 aliphatic heterocycles. The number of likely N-dealkylation sites (tertiary alicyclic amines) is 1. The van der Waals surface area contributed by atoms with Gasteiger partial charge >= 0.3 is 5.97 Å². The number of rotatable bonds is 6. The van der Waals surface area contributed by atoms with Crippen molar-refractivity contribution in [1.29, 1.82) is 0 Å². The summed E-state index contributed by atoms with van der Waals surface area (Å²) in [5, 5.41) is 13.2. The highest BCUT2D eigenvalue weighted by atomic mass is 16.5. The average Bonchev–Trinajstić information content (AvgIpc) is 3.18. The molecule has 1 atom stereocenters. The van der Waals surface area contributed by atoms with Gasteiger partial charge in [0, 0.05) is 12.1 Å². The molecule has 0 radical (unpaired) electrons. The molecule has 1 saturated heterocycles. The fourth-order valence-electron chi connectivity index (χ4n) is 4.76. The molecule has 6 nitrogen and oxygen atoms in total. The molecule has 1 fully saturated rings. The first kappa shape index (κ1) is 24.0. The molecule has 0 bridgehead atoms. The predicted octanol–water partition coefficient (Wildman–Crippen LogP) is 5.64. The fraction of sp³-hybridized carbons (Fsp3) is 0.129. The number of carbonyl (C=O) groups is 3. The minimum Gasteiger partial charge on any atom is -0.507 e. The molecule has 0 spiro atoms. The van der Waals surface area contributed by atoms with Crippen molar-refractivity contribution in [2.24, 2.45) is 0 Å². The molecule has 5 rings (SSSR count). The number of ketones is 1. The highest BCUT2D eigenvalue weighted by molar-refractivity contribution is 6.46. The molecule has 0 saturated carbocycles. The van der Waals surface area contributed by atoms with Crippen LogP contribution in [0.2, 0.25) is 0 Å². The van der Waals surface area contributed by atoms with Crippen molar-refractivity contribution in [2.75, 3.05) is 6.61 Å². The number of aliphatic hydroxyl groups excluding tert-OH is 1. The third-order valence-electron chi connectivity index (χ3n) is 6.52. The largest absolute Gasteiger partial charge is 0.507 e. The van der Waals surface area contributed by atoms with Gasteiger partial charge in [0.1, 0.15) is 5.76 Å². The summed E-state index contributed by atoms with van der Waals surface area (Å²) >= 11 is 0. The predicted molar refractivity (Wildman–Crippen MR) is 141 cm³/mol. The van der Waals surface area contributed by atoms with E-state index in [0.717, 1.165) is 16.3 Å². The van der Waals surface area contributed by atoms with Crippen molar-refractivity contribution >= 4 is 34.2 Å². The normalized spacial score (nSPS) is 16.8. The first-order valence-electron chi connectivity index (χ1n) is 12.1. The molecule has 1 N–H and O–H groups in total. The zero-order valence-electron chi connectivity index (χ0n) is 20.3. The summed E-state index contributed by atoms with van der Waals surface area (Å²) in [6, 6.07) is 28.2. The molecule has 1 aliphatic rings. The second-order valence-corrected chi connectivity index (χ2v) is 8.78. The van der Waals surface area contributed by atoms with Crippen molar-refractivity contribution in [3.05, 3.63) is 125 Å². The lowest BCUT2D eigenvalue weighted by Crippen LogP contribution is -2.29. The second-order valence-electron chi connectivity index (χ2n) is 8.78. The van der Waals surface area contributed by atoms with Crippen molar-refractivity contribution in [2.45, 2.75) is 19.5 Å². The Labute approximate surface area is 214 Å². The maximum Gasteiger partial charge on any atom is 0.338 e. The van der Waals surface area contributed by atoms with Crippen LogP contribution in [0.4, 0.5) is 0 Å². The lowest BCUT2D eigenvalue weighted by Gasteiger charge is -2.25. The summed E-state index contributed by atoms with van der Waals surface area (Å²) < 4.78 is 5.04. The van der Waals surface area contributed by atoms with Crippen molar-refractivity contribution in [3.63, 3.8) is 0 Å². The number of hydrogen-bond acceptors (Lipinski definition) is 5. The minimum absolute atomic E-state index is 0.0516. The van der Waals surface area contributed by atoms with Gasteiger partial charge in [0.15, 0.2) is 0 Å². The van der Waals surface area contributed by atoms with Gasteiger partial charge in [0.05, 0.1) is 23.8 Å². The van der Waals surface area contributed by atoms with Gasteiger partial charge in [-0.05, 0) is 41.0 Å². The van der Waals surface area contributed by atoms with Crippen molar-refractivity contribution in [1.82, 2.24) is 4.90 Å². The fourth-order valence-corrected chi connectivity index (χ4v) is 4.76. The number of aliphatic hydroxyl groups is 1. The maximum absolute atomic E-state index is 13.4. The number of esters is 1. The molecule has 4 aromatic carbocycles. The number of ether oxygens (including phenoxy) is 1. The van der Waals surface area contributed by atoms with Gasteiger partial charge < -0.3 is 14.7 Å². The van der Waals surface area contributed by atoms with Gasteiger partial charge in [-0.3, -0.25) is 9.59 Å². The van der Waals surface area contributed by atoms with Crippen molar-refractivity contribution in [3.8, 4) is 0 Å². The molecule has 1 unspecified atom stereocenters. The Morgan fingerprint density at radius 1 is 0.865 bits per heavy atom. The zero-order valence-corrected chi connectivity index (χ0v) is 20.3. The molecular formula is C31H25NO5. The highest BCUT2D eigenvalue weighted by Crippen LogP contribution is 2.41. The molecule has 6 heteroatoms. The SMILES string of the molecule is CCOC(=O)c1ccc(CN2C(=O)C(=O)/C(=C(\O)c3cccc4ccccc34)C2c2ccccc2)cc1. The molecule has 4 aromatic rings. The zero-order chi connectivity index (χ0) is 25.9. The summed E-state index contributed by atoms with van der Waals surface area (Å²) in [7, 11) is 0. The van der Waals surface area contributed by atoms with E-state index in [1.54, 1.807) is 37.3 Å². The summed E-state index contributed by atoms with van der Waals surface area (Å²) in [5.41, 5.74) is 2.40. The minimum atomic E-state index is -0.773. The lowest BCUT2D eigenvalue weighted by molar-refractivity contribution is -0.140. The molecular weight excluding hydrogens is 466 g/mol. The van der Waals surface area contributed by atoms with Crippen LogP contribution in [0.3, 0.4) is 0 Å². The van der Waals surface area contributed by atoms with Crippen LogP contribution >= 0.6 is 0 Å². The van der Waals surface area contributed by atoms with Gasteiger partial charge in [-0.1, -0.05) is 84.9 Å². The third-order valence-corrected chi connectivity index (χ3v) is 6.52. The van der Waals surface area contributed by atoms with Gasteiger partial charge in [0.25, 0.3) is 11.7 Å². The van der Waals surface area contributed by atoms with Crippen LogP contribution in [0, 0.1) is 0 Å². The highest BCUT2D eigenvalue weighted by Gasteiger charge is 2.46. The van der Waals surface area contributed by atoms with Crippen LogP contribution in [-0.2, 0) is 20.9 Å². The van der Waals surface area contributed by atoms with Gasteiger partial charge in [-0.15, -0.1) is 0 Å². The van der Waals surface area contributed by atoms with Crippen LogP contribution in [0.15, 0.2) is 103 Å². The summed E-state index contributed by atoms with van der Waals surface area (Å²) in [5.74, 6) is -2.05. The van der Waals surface area contributed by atoms with E-state index < -0.39 is 23.7 Å². The number of fused-ring (bicyclic) bond motifs is 1. The molecule has 37 heavy (non-hydrogen) atoms. The van der Waals surface area contributed by atoms with E-state index in [0.29, 0.717) is 16.7 Å². The summed E-state index contributed by atoms with van der Waals surface area (Å²) in [6.45, 7) is 2.14. The van der Waals surface area contributed by atoms with Gasteiger partial charge in [-0.25, -0.2) is 4.79 Å². The van der Waals surface area contributed by atoms with E-state index in [2.05, 4.69) is 0 Å². The average molecular weight is 492 g/mol. The number of benzene rings is 4. The Morgan fingerprint density at radius 3 is 2.27 bits per heavy atom. The van der Waals surface area contributed by atoms with E-state index in [-0.39, 0.29) is 24.5 Å². The van der Waals surface area contributed by atoms with Crippen LogP contribution in [0.1, 0.15) is 40.0 Å². The van der Waals surface area contributed by atoms with Crippen LogP contribution in [0.5, 0.6) is 0 Å². The van der Waals surface area contributed by atoms with Gasteiger partial charge in [0.2, 0.25) is 0 Å². The Balaban J connectivity index is 1.59. The molecule has 0 aromatic heterocycles. The van der Waals surface area contributed by atoms with E-state index in [1.165, 1.54) is 4.90 Å². The second kappa shape index (κ2) is 10.1. The van der Waals surface area contributed by atoms with E-state index in [9.17, 15) is 19.5 Å². The number of nitrogens with zero attached hydrogens (tertiary/aromatic N) is 1. The Bertz CT molecular complexity index is 1520. The van der Waals surface area contributed by atoms with E-state index >= 15 is 0 Å². The van der Waals surface area contributed by atoms with E-state index in [4.69, 9.17) is 4.74 Å². The maximum atomic E-state index is 13.4. The van der Waals surface area contributed by atoms with Crippen LogP contribution in [-0.4, -0.2) is 34.3 Å². The topological polar surface area (TPSA) is 83.9 Å². The van der Waals surface area contributed by atoms with Crippen LogP contribution < -0.4 is 0 Å². The monoisotopic (exact) mass is 491 g/mol. The standard InChI is InChI=1S/C31H25NO5/c1-2-37-31(36)23-17-15-20(16-18-23)19-32-27(22-10-4-3-5-11-22)26(29(34)30(32)35)28(33)25-14-8-12-21-9-6-7-13-24(21)25/h3-18,27,33H,2,19H2,1H3/b28-26-. The molecule has 0 aliphatic carbocycles. The number of carbonyl (C=O) groups excluding carboxylic acids is 3.